The van der Waals surface area contributed by atoms with E-state index in [-0.39, 0.29) is 12.1 Å². The van der Waals surface area contributed by atoms with Gasteiger partial charge < -0.3 is 4.74 Å². The minimum Gasteiger partial charge on any atom is -0.488 e. The molecule has 1 aromatic carbocycles. The normalized spacial score (nSPS) is 24.1. The number of nitriles is 1. The van der Waals surface area contributed by atoms with E-state index < -0.39 is 0 Å². The van der Waals surface area contributed by atoms with Gasteiger partial charge in [-0.1, -0.05) is 25.1 Å². The van der Waals surface area contributed by atoms with Crippen LogP contribution in [0.15, 0.2) is 24.3 Å². The quantitative estimate of drug-likeness (QED) is 0.847. The molecule has 1 saturated heterocycles. The monoisotopic (exact) mass is 285 g/mol. The average molecular weight is 285 g/mol. The largest absolute Gasteiger partial charge is 0.488 e. The maximum Gasteiger partial charge on any atom is 0.123 e. The first-order valence-corrected chi connectivity index (χ1v) is 7.90. The molecule has 1 aromatic rings. The van der Waals surface area contributed by atoms with Crippen molar-refractivity contribution in [3.8, 4) is 11.8 Å². The van der Waals surface area contributed by atoms with Gasteiger partial charge in [0.25, 0.3) is 0 Å². The summed E-state index contributed by atoms with van der Waals surface area (Å²) < 4.78 is 6.02. The fourth-order valence-electron chi connectivity index (χ4n) is 3.33. The number of ether oxygens (including phenoxy) is 1. The van der Waals surface area contributed by atoms with Crippen LogP contribution in [0.2, 0.25) is 0 Å². The smallest absolute Gasteiger partial charge is 0.123 e. The first-order chi connectivity index (χ1) is 10.3. The Morgan fingerprint density at radius 2 is 2.05 bits per heavy atom. The van der Waals surface area contributed by atoms with Crippen molar-refractivity contribution in [2.75, 3.05) is 32.7 Å². The maximum atomic E-state index is 9.15. The first kappa shape index (κ1) is 14.4. The zero-order valence-corrected chi connectivity index (χ0v) is 12.7. The van der Waals surface area contributed by atoms with Crippen LogP contribution in [0.1, 0.15) is 18.9 Å². The molecule has 0 saturated carbocycles. The fraction of sp³-hybridized carbons (Fsp3) is 0.588. The summed E-state index contributed by atoms with van der Waals surface area (Å²) in [6.07, 6.45) is 2.22. The van der Waals surface area contributed by atoms with Gasteiger partial charge in [-0.25, -0.2) is 0 Å². The summed E-state index contributed by atoms with van der Waals surface area (Å²) in [7, 11) is 0. The Labute approximate surface area is 126 Å². The lowest BCUT2D eigenvalue weighted by molar-refractivity contribution is 0.0806. The van der Waals surface area contributed by atoms with Gasteiger partial charge in [-0.3, -0.25) is 9.80 Å². The van der Waals surface area contributed by atoms with E-state index in [0.29, 0.717) is 0 Å². The molecule has 2 aliphatic heterocycles. The minimum atomic E-state index is 0.0825. The third-order valence-corrected chi connectivity index (χ3v) is 4.56. The zero-order chi connectivity index (χ0) is 14.7. The van der Waals surface area contributed by atoms with E-state index in [1.165, 1.54) is 5.56 Å². The molecule has 0 aromatic heterocycles. The topological polar surface area (TPSA) is 39.5 Å². The van der Waals surface area contributed by atoms with Gasteiger partial charge in [-0.05, 0) is 18.1 Å². The van der Waals surface area contributed by atoms with E-state index >= 15 is 0 Å². The molecule has 2 aliphatic rings. The Balaban J connectivity index is 1.48. The number of hydrogen-bond acceptors (Lipinski definition) is 4. The molecular weight excluding hydrogens is 262 g/mol. The van der Waals surface area contributed by atoms with Crippen LogP contribution in [0.5, 0.6) is 5.75 Å². The first-order valence-electron chi connectivity index (χ1n) is 7.90. The standard InChI is InChI=1S/C17H23N3O/c1-2-15(12-18)20-9-7-19(8-10-20)13-16-11-14-5-3-4-6-17(14)21-16/h3-6,15-16H,2,7-11,13H2,1H3. The van der Waals surface area contributed by atoms with Crippen LogP contribution >= 0.6 is 0 Å². The third kappa shape index (κ3) is 3.20. The van der Waals surface area contributed by atoms with Crippen molar-refractivity contribution in [1.29, 1.82) is 5.26 Å². The second-order valence-electron chi connectivity index (χ2n) is 5.94. The third-order valence-electron chi connectivity index (χ3n) is 4.56. The fourth-order valence-corrected chi connectivity index (χ4v) is 3.33. The molecular formula is C17H23N3O. The van der Waals surface area contributed by atoms with Gasteiger partial charge >= 0.3 is 0 Å². The predicted octanol–water partition coefficient (Wildman–Crippen LogP) is 1.91. The molecule has 4 nitrogen and oxygen atoms in total. The molecule has 0 amide bonds. The van der Waals surface area contributed by atoms with Gasteiger partial charge in [-0.15, -0.1) is 0 Å². The molecule has 3 rings (SSSR count). The van der Waals surface area contributed by atoms with Crippen LogP contribution in [0.25, 0.3) is 0 Å². The summed E-state index contributed by atoms with van der Waals surface area (Å²) in [6, 6.07) is 10.8. The molecule has 0 spiro atoms. The van der Waals surface area contributed by atoms with Gasteiger partial charge in [0.2, 0.25) is 0 Å². The highest BCUT2D eigenvalue weighted by Crippen LogP contribution is 2.28. The Morgan fingerprint density at radius 3 is 2.71 bits per heavy atom. The van der Waals surface area contributed by atoms with Gasteiger partial charge in [0.1, 0.15) is 11.9 Å². The van der Waals surface area contributed by atoms with Crippen molar-refractivity contribution >= 4 is 0 Å². The summed E-state index contributed by atoms with van der Waals surface area (Å²) in [6.45, 7) is 7.13. The van der Waals surface area contributed by atoms with Crippen LogP contribution in [0.3, 0.4) is 0 Å². The highest BCUT2D eigenvalue weighted by molar-refractivity contribution is 5.37. The molecule has 1 fully saturated rings. The predicted molar refractivity (Wildman–Crippen MR) is 82.3 cm³/mol. The van der Waals surface area contributed by atoms with Crippen molar-refractivity contribution in [3.05, 3.63) is 29.8 Å². The summed E-state index contributed by atoms with van der Waals surface area (Å²) in [4.78, 5) is 4.78. The van der Waals surface area contributed by atoms with Crippen molar-refractivity contribution in [3.63, 3.8) is 0 Å². The number of benzene rings is 1. The maximum absolute atomic E-state index is 9.15. The van der Waals surface area contributed by atoms with Crippen molar-refractivity contribution in [1.82, 2.24) is 9.80 Å². The van der Waals surface area contributed by atoms with Gasteiger partial charge in [0.05, 0.1) is 12.1 Å². The van der Waals surface area contributed by atoms with Crippen LogP contribution in [0, 0.1) is 11.3 Å². The molecule has 2 heterocycles. The van der Waals surface area contributed by atoms with E-state index in [2.05, 4.69) is 41.0 Å². The lowest BCUT2D eigenvalue weighted by atomic mass is 10.1. The number of rotatable bonds is 4. The lowest BCUT2D eigenvalue weighted by Crippen LogP contribution is -2.51. The lowest BCUT2D eigenvalue weighted by Gasteiger charge is -2.37. The van der Waals surface area contributed by atoms with Crippen LogP contribution in [-0.2, 0) is 6.42 Å². The summed E-state index contributed by atoms with van der Waals surface area (Å²) in [5, 5.41) is 9.15. The molecule has 2 unspecified atom stereocenters. The van der Waals surface area contributed by atoms with Crippen LogP contribution in [-0.4, -0.2) is 54.7 Å². The molecule has 2 atom stereocenters. The van der Waals surface area contributed by atoms with Gasteiger partial charge in [0, 0.05) is 39.1 Å². The van der Waals surface area contributed by atoms with Crippen molar-refractivity contribution in [2.45, 2.75) is 31.9 Å². The zero-order valence-electron chi connectivity index (χ0n) is 12.7. The Bertz CT molecular complexity index is 492. The Hall–Kier alpha value is -1.57. The Morgan fingerprint density at radius 1 is 1.29 bits per heavy atom. The minimum absolute atomic E-state index is 0.0825. The second kappa shape index (κ2) is 6.46. The molecule has 0 radical (unpaired) electrons. The molecule has 112 valence electrons. The van der Waals surface area contributed by atoms with E-state index in [1.54, 1.807) is 0 Å². The van der Waals surface area contributed by atoms with Crippen molar-refractivity contribution < 1.29 is 4.74 Å². The average Bonchev–Trinajstić information content (AvgIpc) is 2.92. The Kier molecular flexibility index (Phi) is 4.42. The number of nitrogens with zero attached hydrogens (tertiary/aromatic N) is 3. The van der Waals surface area contributed by atoms with Crippen LogP contribution < -0.4 is 4.74 Å². The molecule has 0 N–H and O–H groups in total. The summed E-state index contributed by atoms with van der Waals surface area (Å²) in [5.41, 5.74) is 1.33. The molecule has 4 heteroatoms. The van der Waals surface area contributed by atoms with E-state index in [1.807, 2.05) is 6.07 Å². The van der Waals surface area contributed by atoms with E-state index in [9.17, 15) is 0 Å². The highest BCUT2D eigenvalue weighted by Gasteiger charge is 2.27. The number of fused-ring (bicyclic) bond motifs is 1. The van der Waals surface area contributed by atoms with Crippen molar-refractivity contribution in [2.24, 2.45) is 0 Å². The number of para-hydroxylation sites is 1. The molecule has 21 heavy (non-hydrogen) atoms. The number of hydrogen-bond donors (Lipinski definition) is 0. The SMILES string of the molecule is CCC(C#N)N1CCN(CC2Cc3ccccc3O2)CC1. The summed E-state index contributed by atoms with van der Waals surface area (Å²) in [5.74, 6) is 1.05. The molecule has 0 bridgehead atoms. The van der Waals surface area contributed by atoms with Gasteiger partial charge in [0.15, 0.2) is 0 Å². The molecule has 0 aliphatic carbocycles. The van der Waals surface area contributed by atoms with Crippen LogP contribution in [0.4, 0.5) is 0 Å². The number of piperazine rings is 1. The highest BCUT2D eigenvalue weighted by atomic mass is 16.5. The van der Waals surface area contributed by atoms with Gasteiger partial charge in [-0.2, -0.15) is 5.26 Å². The summed E-state index contributed by atoms with van der Waals surface area (Å²) >= 11 is 0. The van der Waals surface area contributed by atoms with E-state index in [0.717, 1.165) is 51.3 Å². The second-order valence-corrected chi connectivity index (χ2v) is 5.94. The van der Waals surface area contributed by atoms with E-state index in [4.69, 9.17) is 10.00 Å².